The summed E-state index contributed by atoms with van der Waals surface area (Å²) in [7, 11) is 1.82. The molecule has 0 aromatic heterocycles. The quantitative estimate of drug-likeness (QED) is 0.336. The molecule has 0 spiro atoms. The highest BCUT2D eigenvalue weighted by molar-refractivity contribution is 6.46. The molecule has 1 aromatic rings. The van der Waals surface area contributed by atoms with Crippen molar-refractivity contribution in [1.29, 1.82) is 0 Å². The van der Waals surface area contributed by atoms with E-state index in [0.717, 1.165) is 36.6 Å². The van der Waals surface area contributed by atoms with Crippen LogP contribution < -0.4 is 4.90 Å². The maximum atomic E-state index is 13.2. The van der Waals surface area contributed by atoms with Crippen LogP contribution in [0.3, 0.4) is 0 Å². The van der Waals surface area contributed by atoms with E-state index < -0.39 is 6.29 Å². The Labute approximate surface area is 215 Å². The number of carbonyl (C=O) groups excluding carboxylic acids is 1. The zero-order chi connectivity index (χ0) is 26.3. The molecule has 0 fully saturated rings. The van der Waals surface area contributed by atoms with Crippen LogP contribution in [0.25, 0.3) is 0 Å². The number of rotatable bonds is 12. The molecule has 0 bridgehead atoms. The lowest BCUT2D eigenvalue weighted by Gasteiger charge is -2.26. The predicted molar refractivity (Wildman–Crippen MR) is 150 cm³/mol. The first-order valence-corrected chi connectivity index (χ1v) is 12.6. The van der Waals surface area contributed by atoms with E-state index in [0.29, 0.717) is 43.6 Å². The second kappa shape index (κ2) is 15.7. The normalized spacial score (nSPS) is 18.3. The standard InChI is InChI=1S/C29H40N4O3/c1-5-12-27-26(15-10-11-16-28(34)35)30-20-19-24(18-17-23(3)31-27)29(36)32(4)21-22-33(6-2)25-13-8-7-9-14-25/h5,7-9,12-14,17-19,28,34-35H,3,6,10-11,15-16,20-22H2,1-2,4H3/b12-5+,18-17-,24-19+,30-26-,31-27?. The molecule has 7 heteroatoms. The van der Waals surface area contributed by atoms with Crippen molar-refractivity contribution in [2.24, 2.45) is 9.98 Å². The van der Waals surface area contributed by atoms with Crippen LogP contribution in [0.4, 0.5) is 5.69 Å². The highest BCUT2D eigenvalue weighted by Gasteiger charge is 2.15. The lowest BCUT2D eigenvalue weighted by atomic mass is 10.1. The van der Waals surface area contributed by atoms with Gasteiger partial charge in [-0.2, -0.15) is 0 Å². The Morgan fingerprint density at radius 3 is 2.58 bits per heavy atom. The second-order valence-corrected chi connectivity index (χ2v) is 8.64. The molecule has 1 heterocycles. The first-order chi connectivity index (χ1) is 17.3. The van der Waals surface area contributed by atoms with Gasteiger partial charge >= 0.3 is 0 Å². The maximum Gasteiger partial charge on any atom is 0.253 e. The number of unbranched alkanes of at least 4 members (excludes halogenated alkanes) is 1. The molecular weight excluding hydrogens is 452 g/mol. The molecule has 0 atom stereocenters. The number of likely N-dealkylation sites (N-methyl/N-ethyl adjacent to an activating group) is 2. The molecule has 1 aliphatic heterocycles. The third kappa shape index (κ3) is 9.76. The minimum Gasteiger partial charge on any atom is -0.370 e. The van der Waals surface area contributed by atoms with Crippen molar-refractivity contribution in [1.82, 2.24) is 4.90 Å². The van der Waals surface area contributed by atoms with E-state index in [9.17, 15) is 4.79 Å². The number of benzene rings is 1. The lowest BCUT2D eigenvalue weighted by Crippen LogP contribution is -2.37. The van der Waals surface area contributed by atoms with Crippen molar-refractivity contribution in [2.75, 3.05) is 38.1 Å². The smallest absolute Gasteiger partial charge is 0.253 e. The summed E-state index contributed by atoms with van der Waals surface area (Å²) >= 11 is 0. The first-order valence-electron chi connectivity index (χ1n) is 12.6. The van der Waals surface area contributed by atoms with Gasteiger partial charge < -0.3 is 20.0 Å². The minimum absolute atomic E-state index is 0.0740. The van der Waals surface area contributed by atoms with Crippen molar-refractivity contribution in [3.05, 3.63) is 78.6 Å². The van der Waals surface area contributed by atoms with Crippen molar-refractivity contribution in [2.45, 2.75) is 45.8 Å². The topological polar surface area (TPSA) is 88.7 Å². The molecule has 1 amide bonds. The van der Waals surface area contributed by atoms with Crippen molar-refractivity contribution >= 4 is 23.0 Å². The average molecular weight is 493 g/mol. The molecule has 7 nitrogen and oxygen atoms in total. The van der Waals surface area contributed by atoms with E-state index in [1.807, 2.05) is 50.4 Å². The van der Waals surface area contributed by atoms with E-state index in [1.54, 1.807) is 17.1 Å². The Bertz CT molecular complexity index is 1010. The number of hydrogen-bond donors (Lipinski definition) is 2. The second-order valence-electron chi connectivity index (χ2n) is 8.64. The molecule has 0 unspecified atom stereocenters. The van der Waals surface area contributed by atoms with Crippen LogP contribution in [0.1, 0.15) is 39.5 Å². The molecule has 1 aliphatic rings. The summed E-state index contributed by atoms with van der Waals surface area (Å²) in [5.41, 5.74) is 3.77. The molecular formula is C29H40N4O3. The van der Waals surface area contributed by atoms with Gasteiger partial charge in [0.05, 0.1) is 23.7 Å². The number of allylic oxidation sites excluding steroid dienone is 3. The molecule has 194 valence electrons. The van der Waals surface area contributed by atoms with Gasteiger partial charge in [-0.1, -0.05) is 36.9 Å². The Morgan fingerprint density at radius 2 is 1.92 bits per heavy atom. The number of aliphatic imine (C=N–C) groups is 2. The van der Waals surface area contributed by atoms with E-state index in [4.69, 9.17) is 15.2 Å². The zero-order valence-corrected chi connectivity index (χ0v) is 21.8. The van der Waals surface area contributed by atoms with Crippen LogP contribution in [-0.4, -0.2) is 72.0 Å². The van der Waals surface area contributed by atoms with E-state index >= 15 is 0 Å². The fraction of sp³-hybridized carbons (Fsp3) is 0.414. The Hall–Kier alpha value is -3.29. The molecule has 0 radical (unpaired) electrons. The van der Waals surface area contributed by atoms with Crippen molar-refractivity contribution in [3.8, 4) is 0 Å². The lowest BCUT2D eigenvalue weighted by molar-refractivity contribution is -0.125. The number of aliphatic hydroxyl groups excluding tert-OH is 1. The molecule has 2 N–H and O–H groups in total. The van der Waals surface area contributed by atoms with Crippen molar-refractivity contribution in [3.63, 3.8) is 0 Å². The average Bonchev–Trinajstić information content (AvgIpc) is 2.87. The largest absolute Gasteiger partial charge is 0.370 e. The molecule has 0 saturated heterocycles. The van der Waals surface area contributed by atoms with Crippen LogP contribution in [0.15, 0.2) is 88.5 Å². The van der Waals surface area contributed by atoms with Gasteiger partial charge in [-0.3, -0.25) is 9.79 Å². The predicted octanol–water partition coefficient (Wildman–Crippen LogP) is 4.31. The van der Waals surface area contributed by atoms with Crippen LogP contribution in [0.5, 0.6) is 0 Å². The van der Waals surface area contributed by atoms with Gasteiger partial charge in [-0.05, 0) is 69.9 Å². The summed E-state index contributed by atoms with van der Waals surface area (Å²) in [5.74, 6) is -0.0740. The van der Waals surface area contributed by atoms with Gasteiger partial charge in [-0.25, -0.2) is 4.99 Å². The van der Waals surface area contributed by atoms with Crippen LogP contribution >= 0.6 is 0 Å². The van der Waals surface area contributed by atoms with Gasteiger partial charge in [0.15, 0.2) is 6.29 Å². The zero-order valence-electron chi connectivity index (χ0n) is 21.8. The number of para-hydroxylation sites is 1. The highest BCUT2D eigenvalue weighted by atomic mass is 16.5. The fourth-order valence-electron chi connectivity index (χ4n) is 3.82. The Morgan fingerprint density at radius 1 is 1.17 bits per heavy atom. The highest BCUT2D eigenvalue weighted by Crippen LogP contribution is 2.14. The molecule has 2 rings (SSSR count). The summed E-state index contributed by atoms with van der Waals surface area (Å²) < 4.78 is 0. The third-order valence-corrected chi connectivity index (χ3v) is 5.86. The number of hydrogen-bond acceptors (Lipinski definition) is 6. The monoisotopic (exact) mass is 492 g/mol. The molecule has 0 saturated carbocycles. The van der Waals surface area contributed by atoms with Crippen LogP contribution in [0, 0.1) is 0 Å². The van der Waals surface area contributed by atoms with Gasteiger partial charge in [0, 0.05) is 37.9 Å². The number of amides is 1. The fourth-order valence-corrected chi connectivity index (χ4v) is 3.82. The maximum absolute atomic E-state index is 13.2. The molecule has 1 aromatic carbocycles. The van der Waals surface area contributed by atoms with Crippen LogP contribution in [-0.2, 0) is 4.79 Å². The number of nitrogens with zero attached hydrogens (tertiary/aromatic N) is 4. The van der Waals surface area contributed by atoms with Crippen molar-refractivity contribution < 1.29 is 15.0 Å². The number of anilines is 1. The third-order valence-electron chi connectivity index (χ3n) is 5.86. The minimum atomic E-state index is -1.30. The van der Waals surface area contributed by atoms with E-state index in [2.05, 4.69) is 35.5 Å². The summed E-state index contributed by atoms with van der Waals surface area (Å²) in [4.78, 5) is 26.6. The Kier molecular flexibility index (Phi) is 12.6. The Balaban J connectivity index is 2.13. The summed E-state index contributed by atoms with van der Waals surface area (Å²) in [6.45, 7) is 10.6. The van der Waals surface area contributed by atoms with E-state index in [1.165, 1.54) is 0 Å². The molecule has 36 heavy (non-hydrogen) atoms. The van der Waals surface area contributed by atoms with Gasteiger partial charge in [0.2, 0.25) is 0 Å². The molecule has 0 aliphatic carbocycles. The summed E-state index contributed by atoms with van der Waals surface area (Å²) in [5, 5.41) is 18.2. The van der Waals surface area contributed by atoms with Crippen LogP contribution in [0.2, 0.25) is 0 Å². The summed E-state index contributed by atoms with van der Waals surface area (Å²) in [6, 6.07) is 10.2. The van der Waals surface area contributed by atoms with Gasteiger partial charge in [-0.15, -0.1) is 0 Å². The van der Waals surface area contributed by atoms with E-state index in [-0.39, 0.29) is 5.91 Å². The number of carbonyl (C=O) groups is 1. The first kappa shape index (κ1) is 28.9. The summed E-state index contributed by atoms with van der Waals surface area (Å²) in [6.07, 6.45) is 10.3. The van der Waals surface area contributed by atoms with Gasteiger partial charge in [0.1, 0.15) is 0 Å². The SMILES string of the molecule is C=C1/C=C\C(C(=O)N(C)CCN(CC)c2ccccc2)=C/C/N=C(/CCCCC(O)O)C(/C=C/C)=N1. The van der Waals surface area contributed by atoms with Gasteiger partial charge in [0.25, 0.3) is 5.91 Å². The number of aliphatic hydroxyl groups is 2.